The molecule has 0 amide bonds. The van der Waals surface area contributed by atoms with E-state index in [1.54, 1.807) is 6.08 Å². The fourth-order valence-corrected chi connectivity index (χ4v) is 3.07. The van der Waals surface area contributed by atoms with Gasteiger partial charge in [-0.25, -0.2) is 0 Å². The predicted octanol–water partition coefficient (Wildman–Crippen LogP) is 4.76. The zero-order valence-electron chi connectivity index (χ0n) is 11.4. The molecule has 0 radical (unpaired) electrons. The Morgan fingerprint density at radius 1 is 0.857 bits per heavy atom. The number of allylic oxidation sites excluding steroid dienone is 2. The molecule has 4 rings (SSSR count). The molecule has 0 heterocycles. The summed E-state index contributed by atoms with van der Waals surface area (Å²) in [6.07, 6.45) is 3.46. The Morgan fingerprint density at radius 2 is 1.62 bits per heavy atom. The van der Waals surface area contributed by atoms with E-state index >= 15 is 0 Å². The molecule has 0 N–H and O–H groups in total. The number of ketones is 1. The molecular weight excluding hydrogens is 256 g/mol. The zero-order valence-corrected chi connectivity index (χ0v) is 11.4. The van der Waals surface area contributed by atoms with E-state index in [4.69, 9.17) is 0 Å². The van der Waals surface area contributed by atoms with Gasteiger partial charge in [-0.05, 0) is 33.2 Å². The molecule has 0 saturated heterocycles. The molecule has 1 aliphatic carbocycles. The summed E-state index contributed by atoms with van der Waals surface area (Å²) in [6.45, 7) is 3.70. The van der Waals surface area contributed by atoms with Crippen LogP contribution in [0.3, 0.4) is 0 Å². The van der Waals surface area contributed by atoms with Crippen molar-refractivity contribution in [2.45, 2.75) is 0 Å². The molecule has 1 heteroatoms. The lowest BCUT2D eigenvalue weighted by molar-refractivity contribution is -0.109. The van der Waals surface area contributed by atoms with Crippen molar-refractivity contribution in [3.63, 3.8) is 0 Å². The van der Waals surface area contributed by atoms with Gasteiger partial charge in [0.25, 0.3) is 0 Å². The third-order valence-corrected chi connectivity index (χ3v) is 4.03. The SMILES string of the molecule is C=C=C1C(=O)C=Cc2ccc3ccc4ccccc4c3c21. The van der Waals surface area contributed by atoms with Crippen LogP contribution in [-0.2, 0) is 4.79 Å². The Kier molecular flexibility index (Phi) is 2.44. The van der Waals surface area contributed by atoms with Gasteiger partial charge in [0, 0.05) is 5.56 Å². The quantitative estimate of drug-likeness (QED) is 0.326. The van der Waals surface area contributed by atoms with E-state index in [0.717, 1.165) is 27.3 Å². The molecule has 0 saturated carbocycles. The van der Waals surface area contributed by atoms with Crippen molar-refractivity contribution < 1.29 is 4.79 Å². The molecule has 3 aromatic rings. The maximum Gasteiger partial charge on any atom is 0.194 e. The van der Waals surface area contributed by atoms with Gasteiger partial charge in [-0.2, -0.15) is 0 Å². The van der Waals surface area contributed by atoms with Crippen molar-refractivity contribution >= 4 is 39.0 Å². The highest BCUT2D eigenvalue weighted by atomic mass is 16.1. The minimum absolute atomic E-state index is 0.0297. The fraction of sp³-hybridized carbons (Fsp3) is 0. The van der Waals surface area contributed by atoms with E-state index in [2.05, 4.69) is 42.6 Å². The summed E-state index contributed by atoms with van der Waals surface area (Å²) in [5, 5.41) is 4.56. The average molecular weight is 268 g/mol. The second-order valence-electron chi connectivity index (χ2n) is 5.16. The third kappa shape index (κ3) is 1.62. The Balaban J connectivity index is 2.31. The summed E-state index contributed by atoms with van der Waals surface area (Å²) in [5.41, 5.74) is 5.39. The highest BCUT2D eigenvalue weighted by molar-refractivity contribution is 6.33. The summed E-state index contributed by atoms with van der Waals surface area (Å²) in [5.74, 6) is -0.0297. The van der Waals surface area contributed by atoms with E-state index in [0.29, 0.717) is 5.57 Å². The maximum absolute atomic E-state index is 12.1. The van der Waals surface area contributed by atoms with Crippen molar-refractivity contribution in [2.24, 2.45) is 0 Å². The maximum atomic E-state index is 12.1. The first-order valence-corrected chi connectivity index (χ1v) is 6.87. The predicted molar refractivity (Wildman–Crippen MR) is 88.0 cm³/mol. The van der Waals surface area contributed by atoms with Crippen LogP contribution in [0.25, 0.3) is 33.2 Å². The normalized spacial score (nSPS) is 13.5. The topological polar surface area (TPSA) is 17.1 Å². The fourth-order valence-electron chi connectivity index (χ4n) is 3.07. The van der Waals surface area contributed by atoms with Gasteiger partial charge in [-0.3, -0.25) is 4.79 Å². The molecule has 0 fully saturated rings. The first kappa shape index (κ1) is 11.9. The lowest BCUT2D eigenvalue weighted by Gasteiger charge is -2.16. The van der Waals surface area contributed by atoms with Gasteiger partial charge in [0.05, 0.1) is 5.57 Å². The monoisotopic (exact) mass is 268 g/mol. The van der Waals surface area contributed by atoms with Gasteiger partial charge >= 0.3 is 0 Å². The van der Waals surface area contributed by atoms with Gasteiger partial charge in [-0.1, -0.05) is 61.2 Å². The minimum Gasteiger partial charge on any atom is -0.289 e. The number of benzene rings is 3. The van der Waals surface area contributed by atoms with Crippen LogP contribution in [0, 0.1) is 0 Å². The standard InChI is InChI=1S/C20H12O/c1-2-16-18(21)12-11-15-10-9-14-8-7-13-5-3-4-6-17(13)20(14)19(15)16/h3-12H,1H2. The van der Waals surface area contributed by atoms with Gasteiger partial charge in [0.2, 0.25) is 0 Å². The van der Waals surface area contributed by atoms with Crippen LogP contribution in [0.4, 0.5) is 0 Å². The van der Waals surface area contributed by atoms with E-state index in [9.17, 15) is 4.79 Å². The van der Waals surface area contributed by atoms with E-state index < -0.39 is 0 Å². The number of hydrogen-bond donors (Lipinski definition) is 0. The molecule has 1 nitrogen and oxygen atoms in total. The van der Waals surface area contributed by atoms with Gasteiger partial charge in [0.1, 0.15) is 0 Å². The lowest BCUT2D eigenvalue weighted by Crippen LogP contribution is -2.04. The molecule has 98 valence electrons. The van der Waals surface area contributed by atoms with Crippen LogP contribution < -0.4 is 0 Å². The third-order valence-electron chi connectivity index (χ3n) is 4.03. The first-order chi connectivity index (χ1) is 10.3. The van der Waals surface area contributed by atoms with Crippen molar-refractivity contribution in [2.75, 3.05) is 0 Å². The molecule has 0 spiro atoms. The summed E-state index contributed by atoms with van der Waals surface area (Å²) in [7, 11) is 0. The summed E-state index contributed by atoms with van der Waals surface area (Å²) in [4.78, 5) is 12.1. The Labute approximate surface area is 122 Å². The summed E-state index contributed by atoms with van der Waals surface area (Å²) < 4.78 is 0. The van der Waals surface area contributed by atoms with Crippen molar-refractivity contribution in [3.05, 3.63) is 78.0 Å². The molecule has 0 atom stereocenters. The Morgan fingerprint density at radius 3 is 2.48 bits per heavy atom. The van der Waals surface area contributed by atoms with Crippen LogP contribution in [0.2, 0.25) is 0 Å². The summed E-state index contributed by atoms with van der Waals surface area (Å²) >= 11 is 0. The lowest BCUT2D eigenvalue weighted by atomic mass is 9.86. The molecule has 0 aromatic heterocycles. The van der Waals surface area contributed by atoms with E-state index in [1.807, 2.05) is 24.3 Å². The van der Waals surface area contributed by atoms with Crippen LogP contribution in [-0.4, -0.2) is 5.78 Å². The highest BCUT2D eigenvalue weighted by Crippen LogP contribution is 2.36. The number of hydrogen-bond acceptors (Lipinski definition) is 1. The first-order valence-electron chi connectivity index (χ1n) is 6.87. The largest absolute Gasteiger partial charge is 0.289 e. The number of rotatable bonds is 0. The summed E-state index contributed by atoms with van der Waals surface area (Å²) in [6, 6.07) is 16.6. The van der Waals surface area contributed by atoms with Crippen molar-refractivity contribution in [1.82, 2.24) is 0 Å². The van der Waals surface area contributed by atoms with E-state index in [1.165, 1.54) is 5.39 Å². The van der Waals surface area contributed by atoms with Crippen molar-refractivity contribution in [1.29, 1.82) is 0 Å². The Bertz CT molecular complexity index is 999. The second kappa shape index (κ2) is 4.31. The molecule has 0 unspecified atom stereocenters. The van der Waals surface area contributed by atoms with Gasteiger partial charge in [0.15, 0.2) is 5.78 Å². The highest BCUT2D eigenvalue weighted by Gasteiger charge is 2.20. The average Bonchev–Trinajstić information content (AvgIpc) is 2.54. The number of fused-ring (bicyclic) bond motifs is 5. The van der Waals surface area contributed by atoms with Gasteiger partial charge < -0.3 is 0 Å². The van der Waals surface area contributed by atoms with Crippen molar-refractivity contribution in [3.8, 4) is 0 Å². The molecule has 3 aromatic carbocycles. The molecular formula is C20H12O. The molecule has 21 heavy (non-hydrogen) atoms. The van der Waals surface area contributed by atoms with Gasteiger partial charge in [-0.15, -0.1) is 5.73 Å². The van der Waals surface area contributed by atoms with Crippen LogP contribution >= 0.6 is 0 Å². The van der Waals surface area contributed by atoms with E-state index in [-0.39, 0.29) is 5.78 Å². The molecule has 0 bridgehead atoms. The number of carbonyl (C=O) groups excluding carboxylic acids is 1. The molecule has 0 aliphatic heterocycles. The Hall–Kier alpha value is -2.89. The van der Waals surface area contributed by atoms with Crippen LogP contribution in [0.5, 0.6) is 0 Å². The number of carbonyl (C=O) groups is 1. The van der Waals surface area contributed by atoms with Crippen LogP contribution in [0.15, 0.2) is 66.9 Å². The molecule has 1 aliphatic rings. The second-order valence-corrected chi connectivity index (χ2v) is 5.16. The zero-order chi connectivity index (χ0) is 14.4. The minimum atomic E-state index is -0.0297. The van der Waals surface area contributed by atoms with Crippen LogP contribution in [0.1, 0.15) is 11.1 Å². The smallest absolute Gasteiger partial charge is 0.194 e.